The Morgan fingerprint density at radius 3 is 2.67 bits per heavy atom. The van der Waals surface area contributed by atoms with Crippen LogP contribution in [0.25, 0.3) is 0 Å². The summed E-state index contributed by atoms with van der Waals surface area (Å²) in [5.74, 6) is 1.69. The highest BCUT2D eigenvalue weighted by atomic mass is 127. The molecule has 0 bridgehead atoms. The molecule has 0 unspecified atom stereocenters. The highest BCUT2D eigenvalue weighted by Gasteiger charge is 2.00. The molecule has 0 aliphatic rings. The number of nitrogens with zero attached hydrogens (tertiary/aromatic N) is 2. The lowest BCUT2D eigenvalue weighted by Gasteiger charge is -2.13. The molecule has 138 valence electrons. The lowest BCUT2D eigenvalue weighted by Crippen LogP contribution is -2.37. The van der Waals surface area contributed by atoms with Crippen LogP contribution < -0.4 is 15.4 Å². The third-order valence-corrected chi connectivity index (χ3v) is 3.21. The molecule has 1 aromatic carbocycles. The Morgan fingerprint density at radius 1 is 1.21 bits per heavy atom. The average molecular weight is 450 g/mol. The molecule has 0 fully saturated rings. The van der Waals surface area contributed by atoms with Crippen LogP contribution in [0.5, 0.6) is 5.75 Å². The van der Waals surface area contributed by atoms with Crippen LogP contribution in [0.1, 0.15) is 12.0 Å². The van der Waals surface area contributed by atoms with Crippen molar-refractivity contribution >= 4 is 29.9 Å². The van der Waals surface area contributed by atoms with E-state index in [-0.39, 0.29) is 24.0 Å². The van der Waals surface area contributed by atoms with Crippen LogP contribution in [0.3, 0.4) is 0 Å². The number of hydrogen-bond donors (Lipinski definition) is 2. The van der Waals surface area contributed by atoms with Crippen molar-refractivity contribution in [1.29, 1.82) is 0 Å². The molecule has 0 aliphatic carbocycles. The van der Waals surface area contributed by atoms with Crippen molar-refractivity contribution in [3.05, 3.63) is 29.8 Å². The van der Waals surface area contributed by atoms with E-state index in [0.29, 0.717) is 13.2 Å². The monoisotopic (exact) mass is 450 g/mol. The molecule has 0 aliphatic heterocycles. The summed E-state index contributed by atoms with van der Waals surface area (Å²) in [7, 11) is 7.55. The van der Waals surface area contributed by atoms with E-state index in [0.717, 1.165) is 43.4 Å². The molecule has 2 N–H and O–H groups in total. The number of halogens is 1. The second-order valence-corrected chi connectivity index (χ2v) is 5.50. The number of aliphatic imine (C=N–C) groups is 1. The van der Waals surface area contributed by atoms with E-state index >= 15 is 0 Å². The minimum atomic E-state index is 0. The van der Waals surface area contributed by atoms with Gasteiger partial charge in [0.25, 0.3) is 0 Å². The van der Waals surface area contributed by atoms with Gasteiger partial charge in [-0.3, -0.25) is 4.99 Å². The fraction of sp³-hybridized carbons (Fsp3) is 0.588. The fourth-order valence-corrected chi connectivity index (χ4v) is 1.92. The first kappa shape index (κ1) is 22.9. The van der Waals surface area contributed by atoms with E-state index in [1.54, 1.807) is 14.2 Å². The van der Waals surface area contributed by atoms with E-state index in [2.05, 4.69) is 32.7 Å². The van der Waals surface area contributed by atoms with E-state index in [1.165, 1.54) is 0 Å². The van der Waals surface area contributed by atoms with Gasteiger partial charge in [0.1, 0.15) is 12.4 Å². The van der Waals surface area contributed by atoms with Gasteiger partial charge >= 0.3 is 0 Å². The summed E-state index contributed by atoms with van der Waals surface area (Å²) < 4.78 is 10.8. The first-order chi connectivity index (χ1) is 11.2. The number of benzene rings is 1. The summed E-state index contributed by atoms with van der Waals surface area (Å²) in [6.45, 7) is 3.87. The second-order valence-electron chi connectivity index (χ2n) is 5.50. The van der Waals surface area contributed by atoms with E-state index in [1.807, 2.05) is 26.2 Å². The van der Waals surface area contributed by atoms with Gasteiger partial charge in [0.2, 0.25) is 0 Å². The van der Waals surface area contributed by atoms with Gasteiger partial charge in [0.15, 0.2) is 5.96 Å². The Kier molecular flexibility index (Phi) is 13.7. The molecule has 0 heterocycles. The number of likely N-dealkylation sites (N-methyl/N-ethyl adjacent to an activating group) is 1. The molecular formula is C17H31IN4O2. The summed E-state index contributed by atoms with van der Waals surface area (Å²) in [6, 6.07) is 8.12. The van der Waals surface area contributed by atoms with Crippen molar-refractivity contribution in [3.63, 3.8) is 0 Å². The third-order valence-electron chi connectivity index (χ3n) is 3.21. The minimum absolute atomic E-state index is 0. The summed E-state index contributed by atoms with van der Waals surface area (Å²) >= 11 is 0. The van der Waals surface area contributed by atoms with Gasteiger partial charge in [-0.15, -0.1) is 24.0 Å². The molecule has 0 atom stereocenters. The first-order valence-corrected chi connectivity index (χ1v) is 7.95. The fourth-order valence-electron chi connectivity index (χ4n) is 1.92. The van der Waals surface area contributed by atoms with Crippen LogP contribution in [0.15, 0.2) is 29.3 Å². The van der Waals surface area contributed by atoms with Crippen molar-refractivity contribution in [2.75, 3.05) is 54.6 Å². The third kappa shape index (κ3) is 10.7. The lowest BCUT2D eigenvalue weighted by atomic mass is 10.2. The summed E-state index contributed by atoms with van der Waals surface area (Å²) in [6.07, 6.45) is 0.951. The number of methoxy groups -OCH3 is 1. The van der Waals surface area contributed by atoms with Gasteiger partial charge in [0, 0.05) is 40.4 Å². The average Bonchev–Trinajstić information content (AvgIpc) is 2.54. The Balaban J connectivity index is 0.00000529. The number of guanidine groups is 1. The predicted molar refractivity (Wildman–Crippen MR) is 111 cm³/mol. The zero-order chi connectivity index (χ0) is 16.9. The van der Waals surface area contributed by atoms with Crippen LogP contribution in [-0.4, -0.2) is 65.4 Å². The number of ether oxygens (including phenoxy) is 2. The van der Waals surface area contributed by atoms with Gasteiger partial charge in [-0.25, -0.2) is 0 Å². The predicted octanol–water partition coefficient (Wildman–Crippen LogP) is 1.95. The van der Waals surface area contributed by atoms with Crippen LogP contribution in [0.2, 0.25) is 0 Å². The van der Waals surface area contributed by atoms with Gasteiger partial charge < -0.3 is 25.0 Å². The van der Waals surface area contributed by atoms with Gasteiger partial charge in [-0.05, 0) is 38.2 Å². The highest BCUT2D eigenvalue weighted by Crippen LogP contribution is 2.13. The first-order valence-electron chi connectivity index (χ1n) is 7.95. The highest BCUT2D eigenvalue weighted by molar-refractivity contribution is 14.0. The normalized spacial score (nSPS) is 11.1. The topological polar surface area (TPSA) is 58.1 Å². The smallest absolute Gasteiger partial charge is 0.191 e. The van der Waals surface area contributed by atoms with Crippen LogP contribution >= 0.6 is 24.0 Å². The Labute approximate surface area is 163 Å². The van der Waals surface area contributed by atoms with Gasteiger partial charge in [-0.2, -0.15) is 0 Å². The molecule has 0 saturated carbocycles. The molecule has 24 heavy (non-hydrogen) atoms. The van der Waals surface area contributed by atoms with Crippen molar-refractivity contribution in [2.45, 2.75) is 13.0 Å². The molecule has 0 aromatic heterocycles. The number of hydrogen-bond acceptors (Lipinski definition) is 4. The molecule has 0 amide bonds. The molecule has 1 rings (SSSR count). The van der Waals surface area contributed by atoms with Gasteiger partial charge in [0.05, 0.1) is 0 Å². The minimum Gasteiger partial charge on any atom is -0.492 e. The largest absolute Gasteiger partial charge is 0.492 e. The zero-order valence-corrected chi connectivity index (χ0v) is 17.5. The second kappa shape index (κ2) is 14.3. The van der Waals surface area contributed by atoms with E-state index < -0.39 is 0 Å². The Morgan fingerprint density at radius 2 is 2.00 bits per heavy atom. The van der Waals surface area contributed by atoms with E-state index in [9.17, 15) is 0 Å². The molecule has 0 spiro atoms. The number of nitrogens with one attached hydrogen (secondary N) is 2. The molecule has 0 radical (unpaired) electrons. The SMILES string of the molecule is CN=C(NCCCOC)NCc1cccc(OCCN(C)C)c1.I. The van der Waals surface area contributed by atoms with Crippen LogP contribution in [-0.2, 0) is 11.3 Å². The van der Waals surface area contributed by atoms with Crippen molar-refractivity contribution < 1.29 is 9.47 Å². The maximum absolute atomic E-state index is 5.75. The van der Waals surface area contributed by atoms with Crippen LogP contribution in [0, 0.1) is 0 Å². The van der Waals surface area contributed by atoms with Crippen molar-refractivity contribution in [3.8, 4) is 5.75 Å². The molecule has 6 nitrogen and oxygen atoms in total. The maximum atomic E-state index is 5.75. The van der Waals surface area contributed by atoms with Gasteiger partial charge in [-0.1, -0.05) is 12.1 Å². The lowest BCUT2D eigenvalue weighted by molar-refractivity contribution is 0.195. The summed E-state index contributed by atoms with van der Waals surface area (Å²) in [4.78, 5) is 6.31. The van der Waals surface area contributed by atoms with Crippen LogP contribution in [0.4, 0.5) is 0 Å². The van der Waals surface area contributed by atoms with Crippen molar-refractivity contribution in [1.82, 2.24) is 15.5 Å². The van der Waals surface area contributed by atoms with Crippen molar-refractivity contribution in [2.24, 2.45) is 4.99 Å². The maximum Gasteiger partial charge on any atom is 0.191 e. The quantitative estimate of drug-likeness (QED) is 0.247. The molecular weight excluding hydrogens is 419 g/mol. The standard InChI is InChI=1S/C17H30N4O2.HI/c1-18-17(19-9-6-11-22-4)20-14-15-7-5-8-16(13-15)23-12-10-21(2)3;/h5,7-8,13H,6,9-12,14H2,1-4H3,(H2,18,19,20);1H. The Hall–Kier alpha value is -1.06. The van der Waals surface area contributed by atoms with E-state index in [4.69, 9.17) is 9.47 Å². The zero-order valence-electron chi connectivity index (χ0n) is 15.2. The summed E-state index contributed by atoms with van der Waals surface area (Å²) in [5, 5.41) is 6.56. The summed E-state index contributed by atoms with van der Waals surface area (Å²) in [5.41, 5.74) is 1.16. The molecule has 7 heteroatoms. The molecule has 0 saturated heterocycles. The Bertz CT molecular complexity index is 470. The molecule has 1 aromatic rings. The number of rotatable bonds is 10.